The Kier molecular flexibility index (Phi) is 4.15. The molecule has 2 heterocycles. The zero-order valence-electron chi connectivity index (χ0n) is 11.8. The summed E-state index contributed by atoms with van der Waals surface area (Å²) in [5, 5.41) is 11.5. The molecule has 2 N–H and O–H groups in total. The molecule has 0 bridgehead atoms. The topological polar surface area (TPSA) is 90.0 Å². The average molecular weight is 283 g/mol. The third kappa shape index (κ3) is 2.86. The van der Waals surface area contributed by atoms with E-state index in [0.29, 0.717) is 25.6 Å². The average Bonchev–Trinajstić information content (AvgIpc) is 2.70. The van der Waals surface area contributed by atoms with Crippen molar-refractivity contribution in [3.63, 3.8) is 0 Å². The Bertz CT molecular complexity index is 426. The van der Waals surface area contributed by atoms with Gasteiger partial charge in [0, 0.05) is 25.7 Å². The van der Waals surface area contributed by atoms with Gasteiger partial charge in [-0.25, -0.2) is 4.79 Å². The maximum absolute atomic E-state index is 12.6. The zero-order chi connectivity index (χ0) is 14.9. The van der Waals surface area contributed by atoms with Crippen molar-refractivity contribution in [1.29, 1.82) is 0 Å². The molecule has 112 valence electrons. The smallest absolute Gasteiger partial charge is 0.321 e. The lowest BCUT2D eigenvalue weighted by atomic mass is 10.1. The van der Waals surface area contributed by atoms with Crippen molar-refractivity contribution in [3.05, 3.63) is 0 Å². The number of hydrogen-bond donors (Lipinski definition) is 2. The number of piperazine rings is 1. The number of nitrogens with zero attached hydrogens (tertiary/aromatic N) is 2. The fraction of sp³-hybridized carbons (Fsp3) is 0.769. The Balaban J connectivity index is 2.13. The van der Waals surface area contributed by atoms with Crippen LogP contribution >= 0.6 is 0 Å². The summed E-state index contributed by atoms with van der Waals surface area (Å²) in [4.78, 5) is 38.4. The third-order valence-corrected chi connectivity index (χ3v) is 3.97. The maximum atomic E-state index is 12.6. The molecule has 0 aliphatic carbocycles. The SMILES string of the molecule is CC1CC(C)N(C(=O)N2CCNC(=O)C2CC(=O)O)C1. The number of carboxylic acids is 1. The van der Waals surface area contributed by atoms with Crippen LogP contribution in [0.5, 0.6) is 0 Å². The molecule has 0 spiro atoms. The van der Waals surface area contributed by atoms with E-state index in [1.807, 2.05) is 6.92 Å². The minimum absolute atomic E-state index is 0.132. The first-order valence-corrected chi connectivity index (χ1v) is 6.97. The van der Waals surface area contributed by atoms with Crippen LogP contribution in [0.4, 0.5) is 4.79 Å². The first-order valence-electron chi connectivity index (χ1n) is 6.97. The Morgan fingerprint density at radius 2 is 2.05 bits per heavy atom. The van der Waals surface area contributed by atoms with Gasteiger partial charge in [-0.1, -0.05) is 6.92 Å². The number of aliphatic carboxylic acids is 1. The number of hydrogen-bond acceptors (Lipinski definition) is 3. The van der Waals surface area contributed by atoms with Crippen LogP contribution in [0.25, 0.3) is 0 Å². The summed E-state index contributed by atoms with van der Waals surface area (Å²) < 4.78 is 0. The van der Waals surface area contributed by atoms with E-state index in [1.165, 1.54) is 4.90 Å². The van der Waals surface area contributed by atoms with Gasteiger partial charge in [0.05, 0.1) is 6.42 Å². The van der Waals surface area contributed by atoms with Crippen LogP contribution < -0.4 is 5.32 Å². The van der Waals surface area contributed by atoms with Crippen LogP contribution in [0, 0.1) is 5.92 Å². The van der Waals surface area contributed by atoms with Gasteiger partial charge in [-0.3, -0.25) is 9.59 Å². The number of urea groups is 1. The summed E-state index contributed by atoms with van der Waals surface area (Å²) in [6, 6.07) is -0.993. The van der Waals surface area contributed by atoms with Gasteiger partial charge in [-0.15, -0.1) is 0 Å². The largest absolute Gasteiger partial charge is 0.481 e. The summed E-state index contributed by atoms with van der Waals surface area (Å²) in [6.45, 7) is 5.47. The van der Waals surface area contributed by atoms with E-state index in [0.717, 1.165) is 6.42 Å². The van der Waals surface area contributed by atoms with Crippen molar-refractivity contribution in [2.45, 2.75) is 38.8 Å². The van der Waals surface area contributed by atoms with Gasteiger partial charge in [-0.05, 0) is 19.3 Å². The second-order valence-corrected chi connectivity index (χ2v) is 5.72. The maximum Gasteiger partial charge on any atom is 0.321 e. The van der Waals surface area contributed by atoms with Crippen molar-refractivity contribution >= 4 is 17.9 Å². The lowest BCUT2D eigenvalue weighted by molar-refractivity contribution is -0.142. The molecule has 0 saturated carbocycles. The van der Waals surface area contributed by atoms with E-state index in [2.05, 4.69) is 12.2 Å². The molecule has 0 aromatic carbocycles. The number of amides is 3. The number of nitrogens with one attached hydrogen (secondary N) is 1. The first kappa shape index (κ1) is 14.6. The lowest BCUT2D eigenvalue weighted by Gasteiger charge is -2.37. The highest BCUT2D eigenvalue weighted by molar-refractivity contribution is 5.91. The Labute approximate surface area is 117 Å². The molecule has 7 heteroatoms. The molecular formula is C13H21N3O4. The van der Waals surface area contributed by atoms with Crippen molar-refractivity contribution in [2.24, 2.45) is 5.92 Å². The highest BCUT2D eigenvalue weighted by atomic mass is 16.4. The van der Waals surface area contributed by atoms with Gasteiger partial charge in [0.15, 0.2) is 0 Å². The van der Waals surface area contributed by atoms with E-state index in [-0.39, 0.29) is 24.4 Å². The van der Waals surface area contributed by atoms with Gasteiger partial charge in [-0.2, -0.15) is 0 Å². The molecule has 3 atom stereocenters. The molecule has 7 nitrogen and oxygen atoms in total. The number of rotatable bonds is 2. The van der Waals surface area contributed by atoms with Crippen LogP contribution in [0.1, 0.15) is 26.7 Å². The highest BCUT2D eigenvalue weighted by Gasteiger charge is 2.39. The van der Waals surface area contributed by atoms with E-state index in [1.54, 1.807) is 4.90 Å². The van der Waals surface area contributed by atoms with Gasteiger partial charge < -0.3 is 20.2 Å². The first-order chi connectivity index (χ1) is 9.40. The molecule has 0 aromatic heterocycles. The molecule has 2 aliphatic rings. The minimum atomic E-state index is -1.08. The van der Waals surface area contributed by atoms with E-state index in [4.69, 9.17) is 5.11 Å². The number of carboxylic acid groups (broad SMARTS) is 1. The zero-order valence-corrected chi connectivity index (χ0v) is 11.8. The predicted molar refractivity (Wildman–Crippen MR) is 71.1 cm³/mol. The van der Waals surface area contributed by atoms with E-state index >= 15 is 0 Å². The van der Waals surface area contributed by atoms with Crippen molar-refractivity contribution in [3.8, 4) is 0 Å². The Morgan fingerprint density at radius 1 is 1.35 bits per heavy atom. The second-order valence-electron chi connectivity index (χ2n) is 5.72. The second kappa shape index (κ2) is 5.68. The van der Waals surface area contributed by atoms with Gasteiger partial charge >= 0.3 is 12.0 Å². The normalized spacial score (nSPS) is 30.3. The summed E-state index contributed by atoms with van der Waals surface area (Å²) in [5.41, 5.74) is 0. The fourth-order valence-electron chi connectivity index (χ4n) is 3.04. The molecule has 3 amide bonds. The van der Waals surface area contributed by atoms with Crippen LogP contribution in [-0.4, -0.2) is 64.5 Å². The fourth-order valence-corrected chi connectivity index (χ4v) is 3.04. The molecule has 3 unspecified atom stereocenters. The molecule has 0 radical (unpaired) electrons. The number of likely N-dealkylation sites (tertiary alicyclic amines) is 1. The number of carbonyl (C=O) groups is 3. The Hall–Kier alpha value is -1.79. The summed E-state index contributed by atoms with van der Waals surface area (Å²) in [5.74, 6) is -1.02. The van der Waals surface area contributed by atoms with Crippen LogP contribution in [0.3, 0.4) is 0 Å². The van der Waals surface area contributed by atoms with Crippen LogP contribution in [-0.2, 0) is 9.59 Å². The van der Waals surface area contributed by atoms with Gasteiger partial charge in [0.2, 0.25) is 5.91 Å². The molecule has 2 saturated heterocycles. The summed E-state index contributed by atoms with van der Waals surface area (Å²) in [6.07, 6.45) is 0.588. The minimum Gasteiger partial charge on any atom is -0.481 e. The van der Waals surface area contributed by atoms with Crippen molar-refractivity contribution < 1.29 is 19.5 Å². The standard InChI is InChI=1S/C13H21N3O4/c1-8-5-9(2)16(7-8)13(20)15-4-3-14-12(19)10(15)6-11(17)18/h8-10H,3-7H2,1-2H3,(H,14,19)(H,17,18). The summed E-state index contributed by atoms with van der Waals surface area (Å²) in [7, 11) is 0. The van der Waals surface area contributed by atoms with Crippen LogP contribution in [0.2, 0.25) is 0 Å². The Morgan fingerprint density at radius 3 is 2.60 bits per heavy atom. The molecular weight excluding hydrogens is 262 g/mol. The predicted octanol–water partition coefficient (Wildman–Crippen LogP) is 0.112. The van der Waals surface area contributed by atoms with Gasteiger partial charge in [0.25, 0.3) is 0 Å². The third-order valence-electron chi connectivity index (χ3n) is 3.97. The van der Waals surface area contributed by atoms with Crippen molar-refractivity contribution in [1.82, 2.24) is 15.1 Å². The van der Waals surface area contributed by atoms with Crippen LogP contribution in [0.15, 0.2) is 0 Å². The molecule has 2 rings (SSSR count). The molecule has 2 aliphatic heterocycles. The van der Waals surface area contributed by atoms with Crippen molar-refractivity contribution in [2.75, 3.05) is 19.6 Å². The van der Waals surface area contributed by atoms with E-state index in [9.17, 15) is 14.4 Å². The molecule has 2 fully saturated rings. The quantitative estimate of drug-likeness (QED) is 0.752. The number of carbonyl (C=O) groups excluding carboxylic acids is 2. The van der Waals surface area contributed by atoms with E-state index < -0.39 is 12.0 Å². The monoisotopic (exact) mass is 283 g/mol. The highest BCUT2D eigenvalue weighted by Crippen LogP contribution is 2.25. The van der Waals surface area contributed by atoms with Gasteiger partial charge in [0.1, 0.15) is 6.04 Å². The lowest BCUT2D eigenvalue weighted by Crippen LogP contribution is -2.60. The molecule has 20 heavy (non-hydrogen) atoms. The summed E-state index contributed by atoms with van der Waals surface area (Å²) >= 11 is 0. The molecule has 0 aromatic rings.